The fourth-order valence-corrected chi connectivity index (χ4v) is 4.09. The molecule has 3 N–H and O–H groups in total. The molecule has 3 aromatic rings. The topological polar surface area (TPSA) is 134 Å². The molecular weight excluding hydrogens is 408 g/mol. The van der Waals surface area contributed by atoms with Gasteiger partial charge < -0.3 is 14.8 Å². The standard InChI is InChI=1S/C19H20N6O4S/c1-28-17-11-13(7-8-21-17)14-5-2-3-6-15(14)23-19(26)24-30(20,27)16-12-22-25-9-4-10-29-18(16)25/h2-3,5-8,11-12H,4,9-10H2,1H3,(H3,20,23,24,26,27). The zero-order valence-corrected chi connectivity index (χ0v) is 17.0. The van der Waals surface area contributed by atoms with Crippen LogP contribution >= 0.6 is 0 Å². The maximum absolute atomic E-state index is 13.0. The second-order valence-electron chi connectivity index (χ2n) is 6.46. The number of benzene rings is 1. The first-order valence-corrected chi connectivity index (χ1v) is 10.7. The molecule has 1 aliphatic rings. The van der Waals surface area contributed by atoms with Gasteiger partial charge in [-0.25, -0.2) is 23.8 Å². The predicted molar refractivity (Wildman–Crippen MR) is 111 cm³/mol. The number of methoxy groups -OCH3 is 1. The number of aryl methyl sites for hydroxylation is 1. The van der Waals surface area contributed by atoms with Gasteiger partial charge in [0.2, 0.25) is 11.8 Å². The molecule has 0 aliphatic carbocycles. The third-order valence-electron chi connectivity index (χ3n) is 4.47. The molecule has 156 valence electrons. The van der Waals surface area contributed by atoms with Gasteiger partial charge in [0.05, 0.1) is 25.6 Å². The fraction of sp³-hybridized carbons (Fsp3) is 0.211. The second kappa shape index (κ2) is 8.13. The number of pyridine rings is 1. The molecule has 0 saturated heterocycles. The first kappa shape index (κ1) is 19.9. The monoisotopic (exact) mass is 428 g/mol. The van der Waals surface area contributed by atoms with Crippen LogP contribution in [0.4, 0.5) is 10.5 Å². The zero-order chi connectivity index (χ0) is 21.1. The van der Waals surface area contributed by atoms with E-state index in [0.717, 1.165) is 17.5 Å². The van der Waals surface area contributed by atoms with Gasteiger partial charge in [-0.1, -0.05) is 18.2 Å². The van der Waals surface area contributed by atoms with Crippen molar-refractivity contribution in [3.63, 3.8) is 0 Å². The van der Waals surface area contributed by atoms with E-state index < -0.39 is 15.9 Å². The average Bonchev–Trinajstić information content (AvgIpc) is 3.19. The summed E-state index contributed by atoms with van der Waals surface area (Å²) in [6.45, 7) is 1.09. The number of aromatic nitrogens is 3. The van der Waals surface area contributed by atoms with Gasteiger partial charge in [0, 0.05) is 30.8 Å². The van der Waals surface area contributed by atoms with E-state index in [1.807, 2.05) is 12.1 Å². The van der Waals surface area contributed by atoms with Crippen LogP contribution in [0.2, 0.25) is 0 Å². The number of carbonyl (C=O) groups excluding carboxylic acids is 1. The van der Waals surface area contributed by atoms with Crippen molar-refractivity contribution in [2.45, 2.75) is 17.9 Å². The molecule has 1 atom stereocenters. The maximum atomic E-state index is 13.0. The third-order valence-corrected chi connectivity index (χ3v) is 5.82. The van der Waals surface area contributed by atoms with Crippen LogP contribution in [0.5, 0.6) is 11.8 Å². The van der Waals surface area contributed by atoms with Crippen LogP contribution in [-0.4, -0.2) is 38.7 Å². The van der Waals surface area contributed by atoms with Crippen LogP contribution in [0, 0.1) is 0 Å². The SMILES string of the molecule is COc1cc(-c2ccccc2NC(=O)N=S(N)(=O)c2cnn3c2OCCC3)ccn1. The largest absolute Gasteiger partial charge is 0.481 e. The molecule has 0 spiro atoms. The molecule has 0 bridgehead atoms. The minimum absolute atomic E-state index is 0.101. The van der Waals surface area contributed by atoms with Crippen LogP contribution in [0.25, 0.3) is 11.1 Å². The molecule has 0 radical (unpaired) electrons. The molecule has 1 aromatic carbocycles. The van der Waals surface area contributed by atoms with Crippen molar-refractivity contribution in [1.82, 2.24) is 14.8 Å². The lowest BCUT2D eigenvalue weighted by molar-refractivity contribution is 0.224. The van der Waals surface area contributed by atoms with Crippen molar-refractivity contribution >= 4 is 21.6 Å². The lowest BCUT2D eigenvalue weighted by Gasteiger charge is -2.16. The Hall–Kier alpha value is -3.44. The van der Waals surface area contributed by atoms with Gasteiger partial charge in [-0.3, -0.25) is 0 Å². The Labute approximate surface area is 173 Å². The normalized spacial score (nSPS) is 14.7. The number of nitrogens with zero attached hydrogens (tertiary/aromatic N) is 4. The Morgan fingerprint density at radius 3 is 3.03 bits per heavy atom. The number of nitrogens with one attached hydrogen (secondary N) is 1. The number of amides is 2. The summed E-state index contributed by atoms with van der Waals surface area (Å²) in [5, 5.41) is 12.6. The van der Waals surface area contributed by atoms with Crippen molar-refractivity contribution in [3.05, 3.63) is 48.8 Å². The van der Waals surface area contributed by atoms with Crippen molar-refractivity contribution in [2.24, 2.45) is 9.50 Å². The van der Waals surface area contributed by atoms with Crippen molar-refractivity contribution in [3.8, 4) is 22.9 Å². The minimum atomic E-state index is -3.54. The van der Waals surface area contributed by atoms with Crippen LogP contribution < -0.4 is 19.9 Å². The van der Waals surface area contributed by atoms with Gasteiger partial charge >= 0.3 is 6.03 Å². The molecule has 11 heteroatoms. The number of carbonyl (C=O) groups is 1. The van der Waals surface area contributed by atoms with E-state index >= 15 is 0 Å². The molecule has 1 unspecified atom stereocenters. The van der Waals surface area contributed by atoms with Gasteiger partial charge in [0.1, 0.15) is 4.90 Å². The number of anilines is 1. The quantitative estimate of drug-likeness (QED) is 0.656. The molecule has 1 aliphatic heterocycles. The lowest BCUT2D eigenvalue weighted by Crippen LogP contribution is -2.20. The summed E-state index contributed by atoms with van der Waals surface area (Å²) in [4.78, 5) is 16.7. The van der Waals surface area contributed by atoms with Gasteiger partial charge in [-0.05, 0) is 17.7 Å². The Bertz CT molecular complexity index is 1220. The van der Waals surface area contributed by atoms with Crippen LogP contribution in [0.1, 0.15) is 6.42 Å². The molecule has 4 rings (SSSR count). The number of para-hydroxylation sites is 1. The molecule has 3 heterocycles. The number of ether oxygens (including phenoxy) is 2. The molecule has 30 heavy (non-hydrogen) atoms. The lowest BCUT2D eigenvalue weighted by atomic mass is 10.1. The number of nitrogens with two attached hydrogens (primary N) is 1. The van der Waals surface area contributed by atoms with Gasteiger partial charge in [0.25, 0.3) is 0 Å². The van der Waals surface area contributed by atoms with E-state index in [9.17, 15) is 9.00 Å². The first-order chi connectivity index (χ1) is 14.5. The first-order valence-electron chi connectivity index (χ1n) is 9.12. The molecule has 2 aromatic heterocycles. The fourth-order valence-electron chi connectivity index (χ4n) is 3.09. The van der Waals surface area contributed by atoms with Crippen molar-refractivity contribution < 1.29 is 18.5 Å². The maximum Gasteiger partial charge on any atom is 0.354 e. The van der Waals surface area contributed by atoms with Crippen LogP contribution in [0.15, 0.2) is 58.1 Å². The van der Waals surface area contributed by atoms with E-state index in [1.54, 1.807) is 35.1 Å². The summed E-state index contributed by atoms with van der Waals surface area (Å²) in [5.41, 5.74) is 1.98. The molecule has 2 amide bonds. The highest BCUT2D eigenvalue weighted by atomic mass is 32.2. The third kappa shape index (κ3) is 3.98. The van der Waals surface area contributed by atoms with Crippen LogP contribution in [0.3, 0.4) is 0 Å². The Balaban J connectivity index is 1.63. The smallest absolute Gasteiger partial charge is 0.354 e. The number of fused-ring (bicyclic) bond motifs is 1. The molecular formula is C19H20N6O4S. The summed E-state index contributed by atoms with van der Waals surface area (Å²) in [6.07, 6.45) is 3.72. The molecule has 10 nitrogen and oxygen atoms in total. The van der Waals surface area contributed by atoms with E-state index in [0.29, 0.717) is 24.7 Å². The highest BCUT2D eigenvalue weighted by Crippen LogP contribution is 2.30. The Kier molecular flexibility index (Phi) is 5.38. The van der Waals surface area contributed by atoms with E-state index in [4.69, 9.17) is 14.6 Å². The Morgan fingerprint density at radius 2 is 2.20 bits per heavy atom. The van der Waals surface area contributed by atoms with Gasteiger partial charge in [-0.15, -0.1) is 4.36 Å². The Morgan fingerprint density at radius 1 is 1.37 bits per heavy atom. The molecule has 0 saturated carbocycles. The van der Waals surface area contributed by atoms with Gasteiger partial charge in [0.15, 0.2) is 9.92 Å². The predicted octanol–water partition coefficient (Wildman–Crippen LogP) is 2.67. The number of rotatable bonds is 4. The molecule has 0 fully saturated rings. The van der Waals surface area contributed by atoms with E-state index in [2.05, 4.69) is 19.8 Å². The van der Waals surface area contributed by atoms with Gasteiger partial charge in [-0.2, -0.15) is 5.10 Å². The van der Waals surface area contributed by atoms with E-state index in [1.165, 1.54) is 13.3 Å². The summed E-state index contributed by atoms with van der Waals surface area (Å²) in [5.74, 6) is 0.726. The zero-order valence-electron chi connectivity index (χ0n) is 16.1. The summed E-state index contributed by atoms with van der Waals surface area (Å²) >= 11 is 0. The number of hydrogen-bond acceptors (Lipinski definition) is 6. The average molecular weight is 428 g/mol. The summed E-state index contributed by atoms with van der Waals surface area (Å²) < 4.78 is 28.9. The summed E-state index contributed by atoms with van der Waals surface area (Å²) in [7, 11) is -2.02. The highest BCUT2D eigenvalue weighted by molar-refractivity contribution is 7.91. The highest BCUT2D eigenvalue weighted by Gasteiger charge is 2.24. The number of hydrogen-bond donors (Lipinski definition) is 2. The van der Waals surface area contributed by atoms with E-state index in [-0.39, 0.29) is 10.8 Å². The summed E-state index contributed by atoms with van der Waals surface area (Å²) in [6, 6.07) is 9.81. The number of urea groups is 1. The second-order valence-corrected chi connectivity index (χ2v) is 8.22. The van der Waals surface area contributed by atoms with Crippen LogP contribution in [-0.2, 0) is 16.5 Å². The van der Waals surface area contributed by atoms with Crippen molar-refractivity contribution in [2.75, 3.05) is 19.0 Å². The van der Waals surface area contributed by atoms with Crippen molar-refractivity contribution in [1.29, 1.82) is 0 Å². The minimum Gasteiger partial charge on any atom is -0.481 e.